The van der Waals surface area contributed by atoms with E-state index >= 15 is 0 Å². The van der Waals surface area contributed by atoms with E-state index in [0.29, 0.717) is 5.69 Å². The van der Waals surface area contributed by atoms with Gasteiger partial charge in [-0.1, -0.05) is 30.3 Å². The van der Waals surface area contributed by atoms with E-state index in [1.165, 1.54) is 6.07 Å². The number of nitrogens with zero attached hydrogens (tertiary/aromatic N) is 3. The summed E-state index contributed by atoms with van der Waals surface area (Å²) in [5, 5.41) is 0.915. The molecular weight excluding hydrogens is 353 g/mol. The number of pyridine rings is 1. The summed E-state index contributed by atoms with van der Waals surface area (Å²) >= 11 is 0. The van der Waals surface area contributed by atoms with Gasteiger partial charge in [0.05, 0.1) is 30.0 Å². The third kappa shape index (κ3) is 2.60. The molecule has 5 rings (SSSR count). The molecular formula is C23H16FN3O. The Morgan fingerprint density at radius 1 is 0.857 bits per heavy atom. The minimum Gasteiger partial charge on any atom is -0.497 e. The molecule has 0 unspecified atom stereocenters. The third-order valence-electron chi connectivity index (χ3n) is 4.89. The lowest BCUT2D eigenvalue weighted by Crippen LogP contribution is -1.96. The summed E-state index contributed by atoms with van der Waals surface area (Å²) in [6.45, 7) is 0. The highest BCUT2D eigenvalue weighted by Gasteiger charge is 2.13. The van der Waals surface area contributed by atoms with Gasteiger partial charge in [0.25, 0.3) is 0 Å². The standard InChI is InChI=1S/C23H16FN3O/c1-28-17-6-4-5-15(11-17)16-9-10-20-18(12-16)23-21(13-25-20)26-14-27(23)22-8-3-2-7-19(22)24/h2-14H,1H3. The number of para-hydroxylation sites is 1. The zero-order valence-corrected chi connectivity index (χ0v) is 15.1. The lowest BCUT2D eigenvalue weighted by molar-refractivity contribution is 0.415. The fourth-order valence-electron chi connectivity index (χ4n) is 3.51. The second kappa shape index (κ2) is 6.46. The predicted molar refractivity (Wildman–Crippen MR) is 108 cm³/mol. The van der Waals surface area contributed by atoms with Gasteiger partial charge in [0.15, 0.2) is 0 Å². The molecule has 0 fully saturated rings. The number of ether oxygens (including phenoxy) is 1. The van der Waals surface area contributed by atoms with Crippen molar-refractivity contribution in [2.45, 2.75) is 0 Å². The van der Waals surface area contributed by atoms with E-state index in [4.69, 9.17) is 4.74 Å². The van der Waals surface area contributed by atoms with Crippen LogP contribution < -0.4 is 4.74 Å². The molecule has 0 aliphatic heterocycles. The number of halogens is 1. The number of hydrogen-bond donors (Lipinski definition) is 0. The van der Waals surface area contributed by atoms with Crippen LogP contribution in [0.1, 0.15) is 0 Å². The van der Waals surface area contributed by atoms with E-state index in [-0.39, 0.29) is 5.82 Å². The maximum Gasteiger partial charge on any atom is 0.147 e. The molecule has 2 aromatic heterocycles. The molecule has 5 aromatic rings. The lowest BCUT2D eigenvalue weighted by atomic mass is 10.0. The van der Waals surface area contributed by atoms with Crippen molar-refractivity contribution >= 4 is 21.9 Å². The van der Waals surface area contributed by atoms with E-state index in [9.17, 15) is 4.39 Å². The molecule has 28 heavy (non-hydrogen) atoms. The monoisotopic (exact) mass is 369 g/mol. The van der Waals surface area contributed by atoms with Crippen LogP contribution in [0.4, 0.5) is 4.39 Å². The van der Waals surface area contributed by atoms with Crippen molar-refractivity contribution in [3.05, 3.63) is 85.1 Å². The Bertz CT molecular complexity index is 1330. The van der Waals surface area contributed by atoms with Crippen LogP contribution in [0.2, 0.25) is 0 Å². The molecule has 3 aromatic carbocycles. The van der Waals surface area contributed by atoms with E-state index in [1.54, 1.807) is 36.3 Å². The summed E-state index contributed by atoms with van der Waals surface area (Å²) in [6.07, 6.45) is 3.36. The number of hydrogen-bond acceptors (Lipinski definition) is 3. The topological polar surface area (TPSA) is 39.9 Å². The van der Waals surface area contributed by atoms with E-state index in [0.717, 1.165) is 38.8 Å². The molecule has 0 saturated heterocycles. The molecule has 0 atom stereocenters. The van der Waals surface area contributed by atoms with Crippen molar-refractivity contribution in [1.82, 2.24) is 14.5 Å². The molecule has 2 heterocycles. The van der Waals surface area contributed by atoms with Crippen LogP contribution in [0.5, 0.6) is 5.75 Å². The Labute approximate surface area is 160 Å². The van der Waals surface area contributed by atoms with Gasteiger partial charge in [-0.05, 0) is 47.5 Å². The zero-order valence-electron chi connectivity index (χ0n) is 15.1. The zero-order chi connectivity index (χ0) is 19.1. The minimum atomic E-state index is -0.296. The second-order valence-corrected chi connectivity index (χ2v) is 6.52. The van der Waals surface area contributed by atoms with Gasteiger partial charge in [0.1, 0.15) is 23.4 Å². The summed E-state index contributed by atoms with van der Waals surface area (Å²) in [5.74, 6) is 0.501. The van der Waals surface area contributed by atoms with Crippen molar-refractivity contribution in [3.63, 3.8) is 0 Å². The molecule has 0 aliphatic rings. The molecule has 5 heteroatoms. The number of imidazole rings is 1. The van der Waals surface area contributed by atoms with Crippen molar-refractivity contribution < 1.29 is 9.13 Å². The Hall–Kier alpha value is -3.73. The van der Waals surface area contributed by atoms with Crippen LogP contribution in [0.25, 0.3) is 38.8 Å². The quantitative estimate of drug-likeness (QED) is 0.428. The molecule has 0 radical (unpaired) electrons. The summed E-state index contributed by atoms with van der Waals surface area (Å²) in [5.41, 5.74) is 4.91. The molecule has 0 spiro atoms. The average Bonchev–Trinajstić information content (AvgIpc) is 3.18. The lowest BCUT2D eigenvalue weighted by Gasteiger charge is -2.10. The highest BCUT2D eigenvalue weighted by molar-refractivity contribution is 6.04. The Morgan fingerprint density at radius 2 is 1.71 bits per heavy atom. The van der Waals surface area contributed by atoms with Crippen molar-refractivity contribution in [3.8, 4) is 22.6 Å². The fraction of sp³-hybridized carbons (Fsp3) is 0.0435. The maximum atomic E-state index is 14.4. The summed E-state index contributed by atoms with van der Waals surface area (Å²) in [6, 6.07) is 20.7. The van der Waals surface area contributed by atoms with Gasteiger partial charge in [-0.3, -0.25) is 9.55 Å². The second-order valence-electron chi connectivity index (χ2n) is 6.52. The molecule has 136 valence electrons. The van der Waals surface area contributed by atoms with E-state index < -0.39 is 0 Å². The summed E-state index contributed by atoms with van der Waals surface area (Å²) < 4.78 is 21.6. The molecule has 0 aliphatic carbocycles. The predicted octanol–water partition coefficient (Wildman–Crippen LogP) is 5.39. The van der Waals surface area contributed by atoms with E-state index in [1.807, 2.05) is 42.5 Å². The highest BCUT2D eigenvalue weighted by atomic mass is 19.1. The Morgan fingerprint density at radius 3 is 2.57 bits per heavy atom. The van der Waals surface area contributed by atoms with Crippen LogP contribution in [0.15, 0.2) is 79.3 Å². The maximum absolute atomic E-state index is 14.4. The van der Waals surface area contributed by atoms with Gasteiger partial charge in [0, 0.05) is 5.39 Å². The minimum absolute atomic E-state index is 0.296. The first-order valence-electron chi connectivity index (χ1n) is 8.90. The number of benzene rings is 3. The van der Waals surface area contributed by atoms with Crippen LogP contribution in [-0.4, -0.2) is 21.6 Å². The number of rotatable bonds is 3. The molecule has 0 N–H and O–H groups in total. The normalized spacial score (nSPS) is 11.2. The molecule has 4 nitrogen and oxygen atoms in total. The van der Waals surface area contributed by atoms with Crippen LogP contribution in [0, 0.1) is 5.82 Å². The van der Waals surface area contributed by atoms with Crippen LogP contribution in [-0.2, 0) is 0 Å². The van der Waals surface area contributed by atoms with Gasteiger partial charge in [-0.25, -0.2) is 9.37 Å². The number of aromatic nitrogens is 3. The van der Waals surface area contributed by atoms with Crippen molar-refractivity contribution in [2.75, 3.05) is 7.11 Å². The summed E-state index contributed by atoms with van der Waals surface area (Å²) in [4.78, 5) is 8.94. The largest absolute Gasteiger partial charge is 0.497 e. The van der Waals surface area contributed by atoms with Crippen molar-refractivity contribution in [1.29, 1.82) is 0 Å². The summed E-state index contributed by atoms with van der Waals surface area (Å²) in [7, 11) is 1.65. The van der Waals surface area contributed by atoms with Gasteiger partial charge >= 0.3 is 0 Å². The fourth-order valence-corrected chi connectivity index (χ4v) is 3.51. The molecule has 0 saturated carbocycles. The first-order chi connectivity index (χ1) is 13.7. The van der Waals surface area contributed by atoms with Crippen molar-refractivity contribution in [2.24, 2.45) is 0 Å². The van der Waals surface area contributed by atoms with Gasteiger partial charge in [-0.2, -0.15) is 0 Å². The number of fused-ring (bicyclic) bond motifs is 3. The molecule has 0 bridgehead atoms. The Kier molecular flexibility index (Phi) is 3.79. The van der Waals surface area contributed by atoms with Gasteiger partial charge in [0.2, 0.25) is 0 Å². The smallest absolute Gasteiger partial charge is 0.147 e. The SMILES string of the molecule is COc1cccc(-c2ccc3ncc4ncn(-c5ccccc5F)c4c3c2)c1. The highest BCUT2D eigenvalue weighted by Crippen LogP contribution is 2.31. The average molecular weight is 369 g/mol. The van der Waals surface area contributed by atoms with Gasteiger partial charge < -0.3 is 4.74 Å². The Balaban J connectivity index is 1.79. The van der Waals surface area contributed by atoms with Gasteiger partial charge in [-0.15, -0.1) is 0 Å². The first kappa shape index (κ1) is 16.4. The van der Waals surface area contributed by atoms with E-state index in [2.05, 4.69) is 16.0 Å². The number of methoxy groups -OCH3 is 1. The molecule has 0 amide bonds. The third-order valence-corrected chi connectivity index (χ3v) is 4.89. The van der Waals surface area contributed by atoms with Crippen LogP contribution in [0.3, 0.4) is 0 Å². The first-order valence-corrected chi connectivity index (χ1v) is 8.90. The van der Waals surface area contributed by atoms with Crippen LogP contribution >= 0.6 is 0 Å².